The van der Waals surface area contributed by atoms with E-state index in [0.717, 1.165) is 33.5 Å². The third-order valence-electron chi connectivity index (χ3n) is 10.6. The Balaban J connectivity index is 1.01. The predicted octanol–water partition coefficient (Wildman–Crippen LogP) is 12.1. The molecule has 0 aliphatic carbocycles. The Bertz CT molecular complexity index is 3160. The SMILES string of the molecule is c1ccc(-c2nc(-c3ccc(-n4c5ccccc5c5cc(-c6ccc7c(c6)c6ccccc6n7-c6ccccc6)ccc54)cc3)nc(-c3ccccn3)n2)cc1. The minimum absolute atomic E-state index is 0.540. The van der Waals surface area contributed by atoms with Gasteiger partial charge in [0.1, 0.15) is 5.69 Å². The zero-order valence-corrected chi connectivity index (χ0v) is 30.2. The number of fused-ring (bicyclic) bond motifs is 6. The van der Waals surface area contributed by atoms with Crippen LogP contribution in [0.2, 0.25) is 0 Å². The first-order valence-corrected chi connectivity index (χ1v) is 18.7. The van der Waals surface area contributed by atoms with Crippen molar-refractivity contribution < 1.29 is 0 Å². The van der Waals surface area contributed by atoms with Crippen LogP contribution in [0.1, 0.15) is 0 Å². The summed E-state index contributed by atoms with van der Waals surface area (Å²) in [5.74, 6) is 1.75. The van der Waals surface area contributed by atoms with Crippen molar-refractivity contribution in [3.8, 4) is 56.8 Å². The lowest BCUT2D eigenvalue weighted by molar-refractivity contribution is 1.06. The predicted molar refractivity (Wildman–Crippen MR) is 228 cm³/mol. The fourth-order valence-corrected chi connectivity index (χ4v) is 8.03. The summed E-state index contributed by atoms with van der Waals surface area (Å²) >= 11 is 0. The van der Waals surface area contributed by atoms with Crippen molar-refractivity contribution in [2.75, 3.05) is 0 Å². The number of para-hydroxylation sites is 3. The normalized spacial score (nSPS) is 11.6. The topological polar surface area (TPSA) is 61.4 Å². The molecule has 11 rings (SSSR count). The molecule has 56 heavy (non-hydrogen) atoms. The second-order valence-corrected chi connectivity index (χ2v) is 13.9. The highest BCUT2D eigenvalue weighted by atomic mass is 15.0. The molecule has 0 aliphatic heterocycles. The van der Waals surface area contributed by atoms with E-state index in [-0.39, 0.29) is 0 Å². The molecule has 0 N–H and O–H groups in total. The molecule has 0 atom stereocenters. The van der Waals surface area contributed by atoms with Crippen molar-refractivity contribution >= 4 is 43.6 Å². The lowest BCUT2D eigenvalue weighted by atomic mass is 10.0. The molecular weight excluding hydrogens is 685 g/mol. The second kappa shape index (κ2) is 13.0. The summed E-state index contributed by atoms with van der Waals surface area (Å²) in [5.41, 5.74) is 11.8. The highest BCUT2D eigenvalue weighted by molar-refractivity contribution is 6.12. The fraction of sp³-hybridized carbons (Fsp3) is 0. The van der Waals surface area contributed by atoms with Crippen LogP contribution in [0, 0.1) is 0 Å². The molecule has 0 unspecified atom stereocenters. The average Bonchev–Trinajstić information content (AvgIpc) is 3.79. The minimum atomic E-state index is 0.540. The van der Waals surface area contributed by atoms with E-state index in [0.29, 0.717) is 23.2 Å². The Kier molecular flexibility index (Phi) is 7.38. The van der Waals surface area contributed by atoms with Gasteiger partial charge in [-0.25, -0.2) is 15.0 Å². The maximum Gasteiger partial charge on any atom is 0.182 e. The highest BCUT2D eigenvalue weighted by Crippen LogP contribution is 2.38. The van der Waals surface area contributed by atoms with Gasteiger partial charge >= 0.3 is 0 Å². The van der Waals surface area contributed by atoms with Gasteiger partial charge < -0.3 is 9.13 Å². The van der Waals surface area contributed by atoms with Crippen LogP contribution in [0.5, 0.6) is 0 Å². The van der Waals surface area contributed by atoms with Crippen molar-refractivity contribution in [1.82, 2.24) is 29.1 Å². The molecule has 262 valence electrons. The highest BCUT2D eigenvalue weighted by Gasteiger charge is 2.17. The van der Waals surface area contributed by atoms with E-state index in [1.807, 2.05) is 48.5 Å². The molecular formula is C50H32N6. The van der Waals surface area contributed by atoms with Gasteiger partial charge in [-0.3, -0.25) is 4.98 Å². The van der Waals surface area contributed by atoms with E-state index in [1.54, 1.807) is 6.20 Å². The number of rotatable bonds is 6. The molecule has 0 saturated carbocycles. The van der Waals surface area contributed by atoms with Gasteiger partial charge in [0.15, 0.2) is 17.5 Å². The summed E-state index contributed by atoms with van der Waals surface area (Å²) in [5, 5.41) is 4.90. The molecule has 4 aromatic heterocycles. The Hall–Kier alpha value is -7.70. The standard InChI is InChI=1S/C50H32N6/c1-3-13-33(14-4-1)48-52-49(54-50(53-48)43-19-11-12-30-51-43)34-22-26-38(27-23-34)56-45-21-10-8-18-40(45)42-32-36(25-29-47(42)56)35-24-28-46-41(31-35)39-17-7-9-20-44(39)55(46)37-15-5-2-6-16-37/h1-32H. The molecule has 6 heteroatoms. The summed E-state index contributed by atoms with van der Waals surface area (Å²) < 4.78 is 4.70. The largest absolute Gasteiger partial charge is 0.309 e. The second-order valence-electron chi connectivity index (χ2n) is 13.9. The summed E-state index contributed by atoms with van der Waals surface area (Å²) in [6.45, 7) is 0. The van der Waals surface area contributed by atoms with Gasteiger partial charge in [0.25, 0.3) is 0 Å². The summed E-state index contributed by atoms with van der Waals surface area (Å²) in [6.07, 6.45) is 1.76. The molecule has 0 bridgehead atoms. The van der Waals surface area contributed by atoms with Gasteiger partial charge in [0.2, 0.25) is 0 Å². The number of benzene rings is 7. The molecule has 0 aliphatic rings. The van der Waals surface area contributed by atoms with E-state index in [2.05, 4.69) is 154 Å². The Morgan fingerprint density at radius 1 is 0.304 bits per heavy atom. The third-order valence-corrected chi connectivity index (χ3v) is 10.6. The maximum absolute atomic E-state index is 4.92. The van der Waals surface area contributed by atoms with Crippen molar-refractivity contribution in [1.29, 1.82) is 0 Å². The van der Waals surface area contributed by atoms with Crippen molar-refractivity contribution in [3.05, 3.63) is 194 Å². The average molecular weight is 717 g/mol. The van der Waals surface area contributed by atoms with E-state index >= 15 is 0 Å². The van der Waals surface area contributed by atoms with E-state index in [4.69, 9.17) is 15.0 Å². The van der Waals surface area contributed by atoms with Crippen LogP contribution in [0.4, 0.5) is 0 Å². The van der Waals surface area contributed by atoms with Crippen LogP contribution < -0.4 is 0 Å². The molecule has 11 aromatic rings. The van der Waals surface area contributed by atoms with Crippen LogP contribution in [0.3, 0.4) is 0 Å². The third kappa shape index (κ3) is 5.27. The molecule has 6 nitrogen and oxygen atoms in total. The van der Waals surface area contributed by atoms with Crippen molar-refractivity contribution in [3.63, 3.8) is 0 Å². The van der Waals surface area contributed by atoms with E-state index in [1.165, 1.54) is 43.7 Å². The minimum Gasteiger partial charge on any atom is -0.309 e. The van der Waals surface area contributed by atoms with Crippen LogP contribution in [-0.4, -0.2) is 29.1 Å². The maximum atomic E-state index is 4.92. The number of hydrogen-bond acceptors (Lipinski definition) is 4. The molecule has 0 fully saturated rings. The number of pyridine rings is 1. The molecule has 4 heterocycles. The number of nitrogens with zero attached hydrogens (tertiary/aromatic N) is 6. The smallest absolute Gasteiger partial charge is 0.182 e. The van der Waals surface area contributed by atoms with Gasteiger partial charge in [-0.1, -0.05) is 103 Å². The Morgan fingerprint density at radius 2 is 0.750 bits per heavy atom. The van der Waals surface area contributed by atoms with Crippen LogP contribution in [0.15, 0.2) is 194 Å². The van der Waals surface area contributed by atoms with Gasteiger partial charge in [-0.05, 0) is 96.1 Å². The van der Waals surface area contributed by atoms with Gasteiger partial charge in [0.05, 0.1) is 22.1 Å². The Labute approximate surface area is 322 Å². The van der Waals surface area contributed by atoms with Gasteiger partial charge in [-0.15, -0.1) is 0 Å². The van der Waals surface area contributed by atoms with Crippen LogP contribution >= 0.6 is 0 Å². The summed E-state index contributed by atoms with van der Waals surface area (Å²) in [6, 6.07) is 65.9. The quantitative estimate of drug-likeness (QED) is 0.172. The van der Waals surface area contributed by atoms with Gasteiger partial charge in [-0.2, -0.15) is 0 Å². The lowest BCUT2D eigenvalue weighted by Gasteiger charge is -2.11. The fourth-order valence-electron chi connectivity index (χ4n) is 8.03. The summed E-state index contributed by atoms with van der Waals surface area (Å²) in [7, 11) is 0. The Morgan fingerprint density at radius 3 is 1.32 bits per heavy atom. The molecule has 0 saturated heterocycles. The lowest BCUT2D eigenvalue weighted by Crippen LogP contribution is -2.01. The number of hydrogen-bond donors (Lipinski definition) is 0. The summed E-state index contributed by atoms with van der Waals surface area (Å²) in [4.78, 5) is 19.2. The van der Waals surface area contributed by atoms with Crippen molar-refractivity contribution in [2.24, 2.45) is 0 Å². The van der Waals surface area contributed by atoms with E-state index < -0.39 is 0 Å². The van der Waals surface area contributed by atoms with Crippen molar-refractivity contribution in [2.45, 2.75) is 0 Å². The first-order valence-electron chi connectivity index (χ1n) is 18.7. The first kappa shape index (κ1) is 31.8. The first-order chi connectivity index (χ1) is 27.8. The number of aromatic nitrogens is 6. The monoisotopic (exact) mass is 716 g/mol. The van der Waals surface area contributed by atoms with Gasteiger partial charge in [0, 0.05) is 50.2 Å². The molecule has 7 aromatic carbocycles. The zero-order valence-electron chi connectivity index (χ0n) is 30.2. The molecule has 0 radical (unpaired) electrons. The van der Waals surface area contributed by atoms with E-state index in [9.17, 15) is 0 Å². The van der Waals surface area contributed by atoms with Crippen LogP contribution in [-0.2, 0) is 0 Å². The van der Waals surface area contributed by atoms with Crippen LogP contribution in [0.25, 0.3) is 100 Å². The molecule has 0 amide bonds. The zero-order chi connectivity index (χ0) is 37.0. The molecule has 0 spiro atoms.